The first kappa shape index (κ1) is 11.1. The van der Waals surface area contributed by atoms with E-state index in [1.165, 1.54) is 0 Å². The Hall–Kier alpha value is -1.43. The number of nitrogens with zero attached hydrogens (tertiary/aromatic N) is 2. The fourth-order valence-corrected chi connectivity index (χ4v) is 1.78. The fraction of sp³-hybridized carbons (Fsp3) is 0.700. The molecule has 3 N–H and O–H groups in total. The molecule has 0 aromatic carbocycles. The molecule has 88 valence electrons. The van der Waals surface area contributed by atoms with Gasteiger partial charge in [-0.2, -0.15) is 0 Å². The van der Waals surface area contributed by atoms with Gasteiger partial charge in [-0.1, -0.05) is 6.92 Å². The lowest BCUT2D eigenvalue weighted by Crippen LogP contribution is -2.45. The zero-order valence-corrected chi connectivity index (χ0v) is 9.42. The van der Waals surface area contributed by atoms with Gasteiger partial charge in [-0.3, -0.25) is 9.89 Å². The number of carbonyl (C=O) groups is 1. The molecule has 0 aliphatic carbocycles. The molecule has 16 heavy (non-hydrogen) atoms. The topological polar surface area (TPSA) is 82.7 Å². The maximum Gasteiger partial charge on any atom is 0.291 e. The Kier molecular flexibility index (Phi) is 3.51. The monoisotopic (exact) mass is 223 g/mol. The number of rotatable bonds is 3. The van der Waals surface area contributed by atoms with Crippen LogP contribution in [0.4, 0.5) is 0 Å². The standard InChI is InChI=1S/C10H17N5O/c1-2-8-13-9(15-14-8)10(16)12-7-4-3-5-11-6-7/h7,11H,2-6H2,1H3,(H,12,16)(H,13,14,15). The van der Waals surface area contributed by atoms with E-state index in [9.17, 15) is 4.79 Å². The number of hydrogen-bond donors (Lipinski definition) is 3. The van der Waals surface area contributed by atoms with Crippen molar-refractivity contribution in [2.24, 2.45) is 0 Å². The van der Waals surface area contributed by atoms with Crippen molar-refractivity contribution in [3.05, 3.63) is 11.6 Å². The Morgan fingerprint density at radius 1 is 1.62 bits per heavy atom. The van der Waals surface area contributed by atoms with Gasteiger partial charge in [0.1, 0.15) is 5.82 Å². The van der Waals surface area contributed by atoms with Crippen LogP contribution in [0, 0.1) is 0 Å². The molecule has 0 spiro atoms. The number of aryl methyl sites for hydroxylation is 1. The van der Waals surface area contributed by atoms with E-state index in [-0.39, 0.29) is 17.8 Å². The van der Waals surface area contributed by atoms with Crippen molar-refractivity contribution in [1.29, 1.82) is 0 Å². The van der Waals surface area contributed by atoms with Crippen molar-refractivity contribution in [1.82, 2.24) is 25.8 Å². The SMILES string of the molecule is CCc1nc(C(=O)NC2CCCNC2)n[nH]1. The Morgan fingerprint density at radius 2 is 2.50 bits per heavy atom. The van der Waals surface area contributed by atoms with Crippen LogP contribution in [0.1, 0.15) is 36.2 Å². The van der Waals surface area contributed by atoms with Crippen molar-refractivity contribution in [3.8, 4) is 0 Å². The Balaban J connectivity index is 1.91. The second-order valence-corrected chi connectivity index (χ2v) is 3.98. The number of nitrogens with one attached hydrogen (secondary N) is 3. The smallest absolute Gasteiger partial charge is 0.291 e. The highest BCUT2D eigenvalue weighted by Gasteiger charge is 2.18. The van der Waals surface area contributed by atoms with E-state index >= 15 is 0 Å². The second kappa shape index (κ2) is 5.07. The molecule has 2 heterocycles. The Labute approximate surface area is 94.2 Å². The summed E-state index contributed by atoms with van der Waals surface area (Å²) in [5.74, 6) is 0.791. The lowest BCUT2D eigenvalue weighted by molar-refractivity contribution is 0.0920. The summed E-state index contributed by atoms with van der Waals surface area (Å²) in [6.07, 6.45) is 2.87. The van der Waals surface area contributed by atoms with Gasteiger partial charge in [0.05, 0.1) is 0 Å². The van der Waals surface area contributed by atoms with E-state index in [0.29, 0.717) is 0 Å². The molecule has 6 heteroatoms. The highest BCUT2D eigenvalue weighted by molar-refractivity contribution is 5.90. The molecule has 1 aliphatic heterocycles. The van der Waals surface area contributed by atoms with Crippen molar-refractivity contribution < 1.29 is 4.79 Å². The van der Waals surface area contributed by atoms with Crippen LogP contribution in [0.15, 0.2) is 0 Å². The predicted octanol–water partition coefficient (Wildman–Crippen LogP) is -0.151. The van der Waals surface area contributed by atoms with Gasteiger partial charge in [-0.25, -0.2) is 4.98 Å². The third-order valence-corrected chi connectivity index (χ3v) is 2.70. The predicted molar refractivity (Wildman–Crippen MR) is 59.1 cm³/mol. The van der Waals surface area contributed by atoms with Gasteiger partial charge < -0.3 is 10.6 Å². The summed E-state index contributed by atoms with van der Waals surface area (Å²) in [5, 5.41) is 12.8. The summed E-state index contributed by atoms with van der Waals surface area (Å²) in [7, 11) is 0. The van der Waals surface area contributed by atoms with Crippen LogP contribution in [-0.2, 0) is 6.42 Å². The molecule has 1 amide bonds. The number of amides is 1. The van der Waals surface area contributed by atoms with E-state index in [1.54, 1.807) is 0 Å². The van der Waals surface area contributed by atoms with Crippen molar-refractivity contribution in [2.45, 2.75) is 32.2 Å². The van der Waals surface area contributed by atoms with Crippen LogP contribution >= 0.6 is 0 Å². The van der Waals surface area contributed by atoms with Crippen molar-refractivity contribution >= 4 is 5.91 Å². The van der Waals surface area contributed by atoms with E-state index in [0.717, 1.165) is 38.2 Å². The highest BCUT2D eigenvalue weighted by atomic mass is 16.2. The first-order valence-electron chi connectivity index (χ1n) is 5.72. The van der Waals surface area contributed by atoms with Crippen LogP contribution < -0.4 is 10.6 Å². The first-order valence-corrected chi connectivity index (χ1v) is 5.72. The summed E-state index contributed by atoms with van der Waals surface area (Å²) in [6, 6.07) is 0.199. The first-order chi connectivity index (χ1) is 7.79. The van der Waals surface area contributed by atoms with E-state index in [4.69, 9.17) is 0 Å². The number of H-pyrrole nitrogens is 1. The summed E-state index contributed by atoms with van der Waals surface area (Å²) >= 11 is 0. The van der Waals surface area contributed by atoms with Gasteiger partial charge >= 0.3 is 0 Å². The van der Waals surface area contributed by atoms with Crippen LogP contribution in [0.5, 0.6) is 0 Å². The molecule has 1 aromatic heterocycles. The zero-order chi connectivity index (χ0) is 11.4. The average Bonchev–Trinajstić information content (AvgIpc) is 2.79. The highest BCUT2D eigenvalue weighted by Crippen LogP contribution is 2.02. The number of piperidine rings is 1. The number of carbonyl (C=O) groups excluding carboxylic acids is 1. The van der Waals surface area contributed by atoms with Gasteiger partial charge in [0.25, 0.3) is 5.91 Å². The summed E-state index contributed by atoms with van der Waals surface area (Å²) in [5.41, 5.74) is 0. The van der Waals surface area contributed by atoms with Crippen LogP contribution in [0.2, 0.25) is 0 Å². The van der Waals surface area contributed by atoms with Gasteiger partial charge in [0.15, 0.2) is 0 Å². The normalized spacial score (nSPS) is 20.7. The molecule has 1 fully saturated rings. The molecule has 6 nitrogen and oxygen atoms in total. The molecule has 2 rings (SSSR count). The second-order valence-electron chi connectivity index (χ2n) is 3.98. The minimum atomic E-state index is -0.190. The quantitative estimate of drug-likeness (QED) is 0.665. The summed E-state index contributed by atoms with van der Waals surface area (Å²) in [6.45, 7) is 3.83. The van der Waals surface area contributed by atoms with Gasteiger partial charge in [0, 0.05) is 19.0 Å². The molecule has 1 atom stereocenters. The van der Waals surface area contributed by atoms with Gasteiger partial charge in [-0.15, -0.1) is 5.10 Å². The van der Waals surface area contributed by atoms with Crippen LogP contribution in [0.25, 0.3) is 0 Å². The Morgan fingerprint density at radius 3 is 3.12 bits per heavy atom. The van der Waals surface area contributed by atoms with Crippen molar-refractivity contribution in [2.75, 3.05) is 13.1 Å². The molecular weight excluding hydrogens is 206 g/mol. The minimum Gasteiger partial charge on any atom is -0.345 e. The number of aromatic nitrogens is 3. The molecule has 1 unspecified atom stereocenters. The van der Waals surface area contributed by atoms with Crippen LogP contribution in [0.3, 0.4) is 0 Å². The molecular formula is C10H17N5O. The van der Waals surface area contributed by atoms with Crippen LogP contribution in [-0.4, -0.2) is 40.2 Å². The molecule has 0 radical (unpaired) electrons. The average molecular weight is 223 g/mol. The largest absolute Gasteiger partial charge is 0.345 e. The fourth-order valence-electron chi connectivity index (χ4n) is 1.78. The van der Waals surface area contributed by atoms with E-state index in [1.807, 2.05) is 6.92 Å². The number of aromatic amines is 1. The third-order valence-electron chi connectivity index (χ3n) is 2.70. The zero-order valence-electron chi connectivity index (χ0n) is 9.42. The summed E-state index contributed by atoms with van der Waals surface area (Å²) in [4.78, 5) is 15.9. The Bertz CT molecular complexity index is 356. The third kappa shape index (κ3) is 2.57. The molecule has 1 aromatic rings. The lowest BCUT2D eigenvalue weighted by atomic mass is 10.1. The molecule has 1 aliphatic rings. The minimum absolute atomic E-state index is 0.190. The number of hydrogen-bond acceptors (Lipinski definition) is 4. The lowest BCUT2D eigenvalue weighted by Gasteiger charge is -2.23. The van der Waals surface area contributed by atoms with Gasteiger partial charge in [0.2, 0.25) is 5.82 Å². The van der Waals surface area contributed by atoms with Gasteiger partial charge in [-0.05, 0) is 19.4 Å². The van der Waals surface area contributed by atoms with E-state index in [2.05, 4.69) is 25.8 Å². The molecule has 1 saturated heterocycles. The molecule has 0 saturated carbocycles. The van der Waals surface area contributed by atoms with E-state index < -0.39 is 0 Å². The molecule has 0 bridgehead atoms. The summed E-state index contributed by atoms with van der Waals surface area (Å²) < 4.78 is 0. The van der Waals surface area contributed by atoms with Crippen molar-refractivity contribution in [3.63, 3.8) is 0 Å². The maximum absolute atomic E-state index is 11.8. The maximum atomic E-state index is 11.8.